The number of nitrogens with zero attached hydrogens (tertiary/aromatic N) is 2. The van der Waals surface area contributed by atoms with E-state index in [4.69, 9.17) is 10.5 Å². The standard InChI is InChI=1S/C12H8FN3O5/c13-11-6-8(15(17)18)1-2-12(11)21-10-4-7(14)3-9(5-10)16(19)20/h1-6H,14H2. The summed E-state index contributed by atoms with van der Waals surface area (Å²) in [5, 5.41) is 21.2. The van der Waals surface area contributed by atoms with Gasteiger partial charge in [-0.1, -0.05) is 0 Å². The first-order valence-electron chi connectivity index (χ1n) is 5.53. The maximum Gasteiger partial charge on any atom is 0.275 e. The number of hydrogen-bond donors (Lipinski definition) is 1. The summed E-state index contributed by atoms with van der Waals surface area (Å²) in [6.45, 7) is 0. The molecule has 2 aromatic carbocycles. The van der Waals surface area contributed by atoms with Crippen LogP contribution in [-0.2, 0) is 0 Å². The average molecular weight is 293 g/mol. The Kier molecular flexibility index (Phi) is 3.65. The molecule has 108 valence electrons. The van der Waals surface area contributed by atoms with Crippen LogP contribution in [-0.4, -0.2) is 9.85 Å². The van der Waals surface area contributed by atoms with E-state index >= 15 is 0 Å². The first-order valence-corrected chi connectivity index (χ1v) is 5.53. The van der Waals surface area contributed by atoms with Crippen molar-refractivity contribution in [3.63, 3.8) is 0 Å². The molecule has 21 heavy (non-hydrogen) atoms. The molecular weight excluding hydrogens is 285 g/mol. The number of nitro benzene ring substituents is 2. The molecule has 8 nitrogen and oxygen atoms in total. The maximum absolute atomic E-state index is 13.7. The van der Waals surface area contributed by atoms with E-state index in [-0.39, 0.29) is 22.9 Å². The van der Waals surface area contributed by atoms with Gasteiger partial charge in [0.25, 0.3) is 11.4 Å². The van der Waals surface area contributed by atoms with Crippen LogP contribution in [0, 0.1) is 26.0 Å². The number of anilines is 1. The van der Waals surface area contributed by atoms with E-state index in [1.165, 1.54) is 6.07 Å². The molecule has 0 aromatic heterocycles. The second kappa shape index (κ2) is 5.41. The molecule has 9 heteroatoms. The van der Waals surface area contributed by atoms with Gasteiger partial charge in [-0.3, -0.25) is 20.2 Å². The summed E-state index contributed by atoms with van der Waals surface area (Å²) < 4.78 is 18.8. The van der Waals surface area contributed by atoms with Crippen molar-refractivity contribution in [3.8, 4) is 11.5 Å². The van der Waals surface area contributed by atoms with Crippen LogP contribution < -0.4 is 10.5 Å². The fourth-order valence-electron chi connectivity index (χ4n) is 1.58. The van der Waals surface area contributed by atoms with Crippen LogP contribution in [0.1, 0.15) is 0 Å². The third-order valence-electron chi connectivity index (χ3n) is 2.48. The normalized spacial score (nSPS) is 10.1. The van der Waals surface area contributed by atoms with Gasteiger partial charge in [0.05, 0.1) is 22.0 Å². The van der Waals surface area contributed by atoms with Crippen LogP contribution in [0.2, 0.25) is 0 Å². The van der Waals surface area contributed by atoms with Crippen LogP contribution >= 0.6 is 0 Å². The van der Waals surface area contributed by atoms with Crippen molar-refractivity contribution in [1.82, 2.24) is 0 Å². The highest BCUT2D eigenvalue weighted by molar-refractivity contribution is 5.54. The molecule has 0 aliphatic carbocycles. The van der Waals surface area contributed by atoms with Gasteiger partial charge in [-0.15, -0.1) is 0 Å². The van der Waals surface area contributed by atoms with Gasteiger partial charge in [0, 0.05) is 23.9 Å². The fourth-order valence-corrected chi connectivity index (χ4v) is 1.58. The van der Waals surface area contributed by atoms with Crippen molar-refractivity contribution in [2.75, 3.05) is 5.73 Å². The Morgan fingerprint density at radius 2 is 1.67 bits per heavy atom. The molecule has 0 radical (unpaired) electrons. The summed E-state index contributed by atoms with van der Waals surface area (Å²) in [5.41, 5.74) is 4.81. The van der Waals surface area contributed by atoms with Crippen molar-refractivity contribution < 1.29 is 19.0 Å². The second-order valence-corrected chi connectivity index (χ2v) is 3.99. The molecule has 0 saturated heterocycles. The van der Waals surface area contributed by atoms with Gasteiger partial charge in [0.2, 0.25) is 0 Å². The van der Waals surface area contributed by atoms with Crippen molar-refractivity contribution in [2.24, 2.45) is 0 Å². The molecule has 0 unspecified atom stereocenters. The van der Waals surface area contributed by atoms with Crippen LogP contribution in [0.3, 0.4) is 0 Å². The predicted octanol–water partition coefficient (Wildman–Crippen LogP) is 3.02. The van der Waals surface area contributed by atoms with Crippen molar-refractivity contribution in [1.29, 1.82) is 0 Å². The Balaban J connectivity index is 2.34. The monoisotopic (exact) mass is 293 g/mol. The number of ether oxygens (including phenoxy) is 1. The summed E-state index contributed by atoms with van der Waals surface area (Å²) in [5.74, 6) is -1.32. The number of hydrogen-bond acceptors (Lipinski definition) is 6. The van der Waals surface area contributed by atoms with E-state index in [0.717, 1.165) is 24.3 Å². The largest absolute Gasteiger partial charge is 0.454 e. The fraction of sp³-hybridized carbons (Fsp3) is 0. The minimum absolute atomic E-state index is 0.0468. The molecule has 0 aliphatic rings. The molecule has 0 spiro atoms. The highest BCUT2D eigenvalue weighted by atomic mass is 19.1. The van der Waals surface area contributed by atoms with Crippen LogP contribution in [0.5, 0.6) is 11.5 Å². The summed E-state index contributed by atoms with van der Waals surface area (Å²) >= 11 is 0. The average Bonchev–Trinajstić information content (AvgIpc) is 2.40. The van der Waals surface area contributed by atoms with Crippen LogP contribution in [0.25, 0.3) is 0 Å². The number of non-ortho nitro benzene ring substituents is 2. The number of rotatable bonds is 4. The van der Waals surface area contributed by atoms with Crippen LogP contribution in [0.4, 0.5) is 21.5 Å². The minimum atomic E-state index is -0.964. The number of nitro groups is 2. The van der Waals surface area contributed by atoms with E-state index in [9.17, 15) is 24.6 Å². The molecule has 2 rings (SSSR count). The summed E-state index contributed by atoms with van der Waals surface area (Å²) in [7, 11) is 0. The second-order valence-electron chi connectivity index (χ2n) is 3.99. The molecule has 0 bridgehead atoms. The van der Waals surface area contributed by atoms with Gasteiger partial charge in [-0.2, -0.15) is 0 Å². The summed E-state index contributed by atoms with van der Waals surface area (Å²) in [4.78, 5) is 19.8. The highest BCUT2D eigenvalue weighted by Gasteiger charge is 2.14. The molecule has 0 amide bonds. The number of benzene rings is 2. The van der Waals surface area contributed by atoms with E-state index in [0.29, 0.717) is 6.07 Å². The highest BCUT2D eigenvalue weighted by Crippen LogP contribution is 2.31. The quantitative estimate of drug-likeness (QED) is 0.525. The first kappa shape index (κ1) is 14.2. The van der Waals surface area contributed by atoms with E-state index in [1.807, 2.05) is 0 Å². The van der Waals surface area contributed by atoms with Gasteiger partial charge in [0.1, 0.15) is 5.75 Å². The van der Waals surface area contributed by atoms with Crippen molar-refractivity contribution in [2.45, 2.75) is 0 Å². The lowest BCUT2D eigenvalue weighted by molar-refractivity contribution is -0.385. The van der Waals surface area contributed by atoms with Gasteiger partial charge in [0.15, 0.2) is 11.6 Å². The Morgan fingerprint density at radius 3 is 2.24 bits per heavy atom. The topological polar surface area (TPSA) is 122 Å². The first-order chi connectivity index (χ1) is 9.86. The maximum atomic E-state index is 13.7. The SMILES string of the molecule is Nc1cc(Oc2ccc([N+](=O)[O-])cc2F)cc([N+](=O)[O-])c1. The zero-order chi connectivity index (χ0) is 15.6. The molecule has 2 N–H and O–H groups in total. The Bertz CT molecular complexity index is 735. The lowest BCUT2D eigenvalue weighted by atomic mass is 10.2. The Labute approximate surface area is 116 Å². The molecule has 0 fully saturated rings. The zero-order valence-electron chi connectivity index (χ0n) is 10.4. The molecule has 0 heterocycles. The lowest BCUT2D eigenvalue weighted by Gasteiger charge is -2.07. The van der Waals surface area contributed by atoms with E-state index < -0.39 is 21.4 Å². The Hall–Kier alpha value is -3.23. The third kappa shape index (κ3) is 3.21. The van der Waals surface area contributed by atoms with Crippen LogP contribution in [0.15, 0.2) is 36.4 Å². The smallest absolute Gasteiger partial charge is 0.275 e. The molecule has 0 saturated carbocycles. The Morgan fingerprint density at radius 1 is 1.00 bits per heavy atom. The molecule has 0 atom stereocenters. The summed E-state index contributed by atoms with van der Waals surface area (Å²) in [6, 6.07) is 6.27. The molecule has 0 aliphatic heterocycles. The summed E-state index contributed by atoms with van der Waals surface area (Å²) in [6.07, 6.45) is 0. The van der Waals surface area contributed by atoms with Gasteiger partial charge >= 0.3 is 0 Å². The van der Waals surface area contributed by atoms with Crippen molar-refractivity contribution >= 4 is 17.1 Å². The van der Waals surface area contributed by atoms with E-state index in [2.05, 4.69) is 0 Å². The van der Waals surface area contributed by atoms with E-state index in [1.54, 1.807) is 0 Å². The van der Waals surface area contributed by atoms with Gasteiger partial charge in [-0.05, 0) is 6.07 Å². The number of nitrogens with two attached hydrogens (primary N) is 1. The third-order valence-corrected chi connectivity index (χ3v) is 2.48. The zero-order valence-corrected chi connectivity index (χ0v) is 10.4. The van der Waals surface area contributed by atoms with Crippen molar-refractivity contribution in [3.05, 3.63) is 62.4 Å². The number of nitrogen functional groups attached to an aromatic ring is 1. The predicted molar refractivity (Wildman–Crippen MR) is 70.6 cm³/mol. The minimum Gasteiger partial charge on any atom is -0.454 e. The molecular formula is C12H8FN3O5. The van der Waals surface area contributed by atoms with Gasteiger partial charge in [-0.25, -0.2) is 4.39 Å². The number of halogens is 1. The lowest BCUT2D eigenvalue weighted by Crippen LogP contribution is -1.95. The van der Waals surface area contributed by atoms with Gasteiger partial charge < -0.3 is 10.5 Å². The molecule has 2 aromatic rings.